The Labute approximate surface area is 126 Å². The number of aliphatic carboxylic acids is 2. The zero-order valence-electron chi connectivity index (χ0n) is 11.4. The molecular weight excluding hydrogens is 303 g/mol. The Morgan fingerprint density at radius 2 is 1.90 bits per heavy atom. The van der Waals surface area contributed by atoms with Crippen LogP contribution in [0.3, 0.4) is 0 Å². The third kappa shape index (κ3) is 7.60. The number of rotatable bonds is 5. The van der Waals surface area contributed by atoms with E-state index in [1.54, 1.807) is 12.1 Å². The van der Waals surface area contributed by atoms with E-state index in [1.165, 1.54) is 6.07 Å². The lowest BCUT2D eigenvalue weighted by atomic mass is 10.1. The second kappa shape index (κ2) is 9.28. The van der Waals surface area contributed by atoms with Crippen LogP contribution in [0, 0.1) is 5.82 Å². The van der Waals surface area contributed by atoms with Crippen LogP contribution in [0.1, 0.15) is 31.4 Å². The molecule has 6 N–H and O–H groups in total. The zero-order valence-corrected chi connectivity index (χ0v) is 12.2. The Hall–Kier alpha value is -1.70. The Bertz CT molecular complexity index is 499. The van der Waals surface area contributed by atoms with Gasteiger partial charge in [-0.05, 0) is 18.6 Å². The van der Waals surface area contributed by atoms with Crippen LogP contribution in [0.25, 0.3) is 0 Å². The minimum Gasteiger partial charge on any atom is -0.481 e. The molecule has 0 aromatic heterocycles. The van der Waals surface area contributed by atoms with Gasteiger partial charge in [0, 0.05) is 16.6 Å². The molecule has 118 valence electrons. The fraction of sp³-hybridized carbons (Fsp3) is 0.385. The lowest BCUT2D eigenvalue weighted by molar-refractivity contribution is -0.144. The van der Waals surface area contributed by atoms with Crippen molar-refractivity contribution in [2.24, 2.45) is 11.5 Å². The van der Waals surface area contributed by atoms with Gasteiger partial charge in [0.05, 0.1) is 6.42 Å². The van der Waals surface area contributed by atoms with Crippen LogP contribution in [-0.4, -0.2) is 28.2 Å². The average molecular weight is 321 g/mol. The van der Waals surface area contributed by atoms with Crippen LogP contribution >= 0.6 is 11.6 Å². The molecule has 0 saturated heterocycles. The summed E-state index contributed by atoms with van der Waals surface area (Å²) in [5.41, 5.74) is 11.0. The van der Waals surface area contributed by atoms with Crippen LogP contribution in [0.2, 0.25) is 5.02 Å². The molecule has 0 amide bonds. The summed E-state index contributed by atoms with van der Waals surface area (Å²) >= 11 is 5.58. The largest absolute Gasteiger partial charge is 0.481 e. The predicted octanol–water partition coefficient (Wildman–Crippen LogP) is 1.76. The Balaban J connectivity index is 0.000000400. The van der Waals surface area contributed by atoms with Gasteiger partial charge in [-0.1, -0.05) is 24.6 Å². The number of benzene rings is 1. The quantitative estimate of drug-likeness (QED) is 0.654. The summed E-state index contributed by atoms with van der Waals surface area (Å²) in [4.78, 5) is 19.6. The van der Waals surface area contributed by atoms with Crippen molar-refractivity contribution in [3.63, 3.8) is 0 Å². The number of carboxylic acid groups (broad SMARTS) is 2. The smallest absolute Gasteiger partial charge is 0.321 e. The third-order valence-corrected chi connectivity index (χ3v) is 2.75. The topological polar surface area (TPSA) is 127 Å². The van der Waals surface area contributed by atoms with E-state index >= 15 is 0 Å². The van der Waals surface area contributed by atoms with Gasteiger partial charge in [0.2, 0.25) is 0 Å². The Morgan fingerprint density at radius 1 is 1.33 bits per heavy atom. The normalized spacial score (nSPS) is 12.8. The van der Waals surface area contributed by atoms with Crippen molar-refractivity contribution in [1.82, 2.24) is 0 Å². The molecule has 0 bridgehead atoms. The number of nitrogens with two attached hydrogens (primary N) is 2. The van der Waals surface area contributed by atoms with E-state index in [0.717, 1.165) is 6.42 Å². The molecule has 2 unspecified atom stereocenters. The fourth-order valence-corrected chi connectivity index (χ4v) is 1.46. The molecule has 0 aliphatic carbocycles. The first kappa shape index (κ1) is 19.3. The van der Waals surface area contributed by atoms with Crippen molar-refractivity contribution in [2.45, 2.75) is 31.8 Å². The van der Waals surface area contributed by atoms with Crippen molar-refractivity contribution in [2.75, 3.05) is 0 Å². The molecule has 0 saturated carbocycles. The summed E-state index contributed by atoms with van der Waals surface area (Å²) in [6.45, 7) is 1.92. The summed E-state index contributed by atoms with van der Waals surface area (Å²) in [5, 5.41) is 16.4. The molecule has 0 fully saturated rings. The summed E-state index contributed by atoms with van der Waals surface area (Å²) in [6.07, 6.45) is 0.188. The first-order valence-electron chi connectivity index (χ1n) is 6.09. The number of hydrogen-bond donors (Lipinski definition) is 4. The molecule has 0 heterocycles. The monoisotopic (exact) mass is 320 g/mol. The van der Waals surface area contributed by atoms with Crippen LogP contribution < -0.4 is 11.5 Å². The molecule has 0 aliphatic rings. The van der Waals surface area contributed by atoms with Gasteiger partial charge >= 0.3 is 11.9 Å². The SMILES string of the molecule is CCC(N)c1ccc(Cl)cc1F.NC(CC(=O)O)C(=O)O. The van der Waals surface area contributed by atoms with Gasteiger partial charge in [0.15, 0.2) is 0 Å². The number of carbonyl (C=O) groups is 2. The third-order valence-electron chi connectivity index (χ3n) is 2.51. The summed E-state index contributed by atoms with van der Waals surface area (Å²) in [5.74, 6) is -2.82. The number of hydrogen-bond acceptors (Lipinski definition) is 4. The minimum absolute atomic E-state index is 0.234. The second-order valence-electron chi connectivity index (χ2n) is 4.22. The maximum absolute atomic E-state index is 13.1. The molecule has 0 aliphatic heterocycles. The molecule has 8 heteroatoms. The zero-order chi connectivity index (χ0) is 16.6. The fourth-order valence-electron chi connectivity index (χ4n) is 1.30. The van der Waals surface area contributed by atoms with Crippen molar-refractivity contribution >= 4 is 23.5 Å². The van der Waals surface area contributed by atoms with Crippen molar-refractivity contribution in [3.05, 3.63) is 34.6 Å². The van der Waals surface area contributed by atoms with E-state index in [0.29, 0.717) is 10.6 Å². The van der Waals surface area contributed by atoms with Crippen molar-refractivity contribution < 1.29 is 24.2 Å². The average Bonchev–Trinajstić information content (AvgIpc) is 2.37. The molecule has 6 nitrogen and oxygen atoms in total. The van der Waals surface area contributed by atoms with E-state index in [4.69, 9.17) is 33.3 Å². The molecular formula is C13H18ClFN2O4. The van der Waals surface area contributed by atoms with Gasteiger partial charge in [-0.3, -0.25) is 9.59 Å². The number of carboxylic acids is 2. The molecule has 0 spiro atoms. The van der Waals surface area contributed by atoms with Gasteiger partial charge in [0.25, 0.3) is 0 Å². The maximum Gasteiger partial charge on any atom is 0.321 e. The summed E-state index contributed by atoms with van der Waals surface area (Å²) in [7, 11) is 0. The lowest BCUT2D eigenvalue weighted by Crippen LogP contribution is -2.32. The Kier molecular flexibility index (Phi) is 8.52. The lowest BCUT2D eigenvalue weighted by Gasteiger charge is -2.09. The molecule has 2 atom stereocenters. The first-order valence-corrected chi connectivity index (χ1v) is 6.47. The number of halogens is 2. The van der Waals surface area contributed by atoms with Crippen molar-refractivity contribution in [3.8, 4) is 0 Å². The van der Waals surface area contributed by atoms with E-state index in [1.807, 2.05) is 6.92 Å². The van der Waals surface area contributed by atoms with E-state index < -0.39 is 24.4 Å². The van der Waals surface area contributed by atoms with Crippen LogP contribution in [0.4, 0.5) is 4.39 Å². The van der Waals surface area contributed by atoms with E-state index in [-0.39, 0.29) is 11.9 Å². The van der Waals surface area contributed by atoms with Gasteiger partial charge in [-0.2, -0.15) is 0 Å². The van der Waals surface area contributed by atoms with E-state index in [9.17, 15) is 14.0 Å². The molecule has 0 radical (unpaired) electrons. The van der Waals surface area contributed by atoms with Gasteiger partial charge < -0.3 is 21.7 Å². The van der Waals surface area contributed by atoms with E-state index in [2.05, 4.69) is 0 Å². The summed E-state index contributed by atoms with van der Waals surface area (Å²) < 4.78 is 13.1. The van der Waals surface area contributed by atoms with Gasteiger partial charge in [-0.15, -0.1) is 0 Å². The molecule has 1 aromatic rings. The van der Waals surface area contributed by atoms with Crippen LogP contribution in [-0.2, 0) is 9.59 Å². The molecule has 21 heavy (non-hydrogen) atoms. The van der Waals surface area contributed by atoms with Crippen LogP contribution in [0.15, 0.2) is 18.2 Å². The standard InChI is InChI=1S/C9H11ClFN.C4H7NO4/c1-2-9(12)7-4-3-6(10)5-8(7)11;5-2(4(8)9)1-3(6)7/h3-5,9H,2,12H2,1H3;2H,1,5H2,(H,6,7)(H,8,9). The maximum atomic E-state index is 13.1. The Morgan fingerprint density at radius 3 is 2.24 bits per heavy atom. The highest BCUT2D eigenvalue weighted by Crippen LogP contribution is 2.20. The first-order chi connectivity index (χ1) is 9.68. The second-order valence-corrected chi connectivity index (χ2v) is 4.66. The van der Waals surface area contributed by atoms with Gasteiger partial charge in [-0.25, -0.2) is 4.39 Å². The summed E-state index contributed by atoms with van der Waals surface area (Å²) in [6, 6.07) is 3.04. The molecule has 1 rings (SSSR count). The highest BCUT2D eigenvalue weighted by atomic mass is 35.5. The van der Waals surface area contributed by atoms with Gasteiger partial charge in [0.1, 0.15) is 11.9 Å². The molecule has 1 aromatic carbocycles. The minimum atomic E-state index is -1.29. The van der Waals surface area contributed by atoms with Crippen LogP contribution in [0.5, 0.6) is 0 Å². The van der Waals surface area contributed by atoms with Crippen molar-refractivity contribution in [1.29, 1.82) is 0 Å². The highest BCUT2D eigenvalue weighted by molar-refractivity contribution is 6.30. The highest BCUT2D eigenvalue weighted by Gasteiger charge is 2.14. The predicted molar refractivity (Wildman–Crippen MR) is 76.5 cm³/mol.